The van der Waals surface area contributed by atoms with Crippen molar-refractivity contribution in [1.82, 2.24) is 4.90 Å². The maximum absolute atomic E-state index is 13.2. The maximum atomic E-state index is 13.2. The number of benzene rings is 2. The normalized spacial score (nSPS) is 20.0. The standard InChI is InChI=1S/C21H20ClN3O2S2/c1-4-24-16-12-15(27-3)10-11-17(16)28-20(24)18-19(26)25(5-2)21(29-18)23-14-8-6-13(22)7-9-14/h6-12H,4-5H2,1-3H3. The molecule has 0 saturated carbocycles. The van der Waals surface area contributed by atoms with Gasteiger partial charge in [-0.3, -0.25) is 9.69 Å². The van der Waals surface area contributed by atoms with Gasteiger partial charge in [-0.05, 0) is 62.0 Å². The topological polar surface area (TPSA) is 45.1 Å². The van der Waals surface area contributed by atoms with Gasteiger partial charge in [-0.1, -0.05) is 23.4 Å². The summed E-state index contributed by atoms with van der Waals surface area (Å²) in [5.74, 6) is 0.797. The van der Waals surface area contributed by atoms with Gasteiger partial charge in [-0.15, -0.1) is 0 Å². The molecular weight excluding hydrogens is 426 g/mol. The van der Waals surface area contributed by atoms with E-state index in [1.165, 1.54) is 11.8 Å². The Morgan fingerprint density at radius 1 is 1.03 bits per heavy atom. The van der Waals surface area contributed by atoms with Crippen LogP contribution in [-0.2, 0) is 4.79 Å². The highest BCUT2D eigenvalue weighted by Gasteiger charge is 2.39. The zero-order valence-electron chi connectivity index (χ0n) is 16.3. The van der Waals surface area contributed by atoms with Crippen molar-refractivity contribution in [1.29, 1.82) is 0 Å². The first-order valence-electron chi connectivity index (χ1n) is 9.27. The quantitative estimate of drug-likeness (QED) is 0.562. The molecule has 8 heteroatoms. The van der Waals surface area contributed by atoms with E-state index in [9.17, 15) is 4.79 Å². The monoisotopic (exact) mass is 445 g/mol. The Morgan fingerprint density at radius 2 is 1.76 bits per heavy atom. The number of rotatable bonds is 4. The first kappa shape index (κ1) is 20.2. The molecule has 0 spiro atoms. The third-order valence-electron chi connectivity index (χ3n) is 4.65. The number of anilines is 1. The Morgan fingerprint density at radius 3 is 2.41 bits per heavy atom. The molecule has 0 N–H and O–H groups in total. The lowest BCUT2D eigenvalue weighted by atomic mass is 10.2. The van der Waals surface area contributed by atoms with Gasteiger partial charge in [-0.25, -0.2) is 4.99 Å². The molecule has 1 fully saturated rings. The molecule has 1 amide bonds. The van der Waals surface area contributed by atoms with E-state index in [-0.39, 0.29) is 5.91 Å². The summed E-state index contributed by atoms with van der Waals surface area (Å²) in [6, 6.07) is 13.3. The van der Waals surface area contributed by atoms with Crippen molar-refractivity contribution in [2.75, 3.05) is 25.1 Å². The van der Waals surface area contributed by atoms with E-state index in [1.54, 1.807) is 35.9 Å². The number of halogens is 1. The van der Waals surface area contributed by atoms with Gasteiger partial charge in [0, 0.05) is 29.1 Å². The van der Waals surface area contributed by atoms with E-state index in [0.717, 1.165) is 33.6 Å². The van der Waals surface area contributed by atoms with Crippen molar-refractivity contribution in [3.05, 3.63) is 57.4 Å². The highest BCUT2D eigenvalue weighted by Crippen LogP contribution is 2.51. The summed E-state index contributed by atoms with van der Waals surface area (Å²) in [6.07, 6.45) is 0. The highest BCUT2D eigenvalue weighted by atomic mass is 35.5. The minimum atomic E-state index is -0.00839. The summed E-state index contributed by atoms with van der Waals surface area (Å²) < 4.78 is 5.38. The molecule has 1 saturated heterocycles. The second kappa shape index (κ2) is 8.34. The Balaban J connectivity index is 1.73. The summed E-state index contributed by atoms with van der Waals surface area (Å²) in [5.41, 5.74) is 1.84. The van der Waals surface area contributed by atoms with Crippen molar-refractivity contribution in [2.45, 2.75) is 18.7 Å². The van der Waals surface area contributed by atoms with Crippen molar-refractivity contribution in [3.63, 3.8) is 0 Å². The number of carbonyl (C=O) groups excluding carboxylic acids is 1. The molecule has 5 nitrogen and oxygen atoms in total. The SMILES string of the molecule is CCN1C(=O)C(=C2Sc3ccc(OC)cc3N2CC)SC1=Nc1ccc(Cl)cc1. The van der Waals surface area contributed by atoms with E-state index in [0.29, 0.717) is 21.6 Å². The first-order valence-corrected chi connectivity index (χ1v) is 11.3. The van der Waals surface area contributed by atoms with E-state index in [4.69, 9.17) is 21.3 Å². The summed E-state index contributed by atoms with van der Waals surface area (Å²) in [6.45, 7) is 5.37. The largest absolute Gasteiger partial charge is 0.497 e. The molecule has 2 aliphatic rings. The number of amides is 1. The Bertz CT molecular complexity index is 1020. The van der Waals surface area contributed by atoms with Crippen molar-refractivity contribution >= 4 is 57.6 Å². The van der Waals surface area contributed by atoms with Gasteiger partial charge in [0.1, 0.15) is 15.7 Å². The molecule has 0 radical (unpaired) electrons. The number of fused-ring (bicyclic) bond motifs is 1. The smallest absolute Gasteiger partial charge is 0.269 e. The van der Waals surface area contributed by atoms with Crippen LogP contribution in [0.4, 0.5) is 11.4 Å². The number of amidine groups is 1. The molecule has 0 atom stereocenters. The molecule has 29 heavy (non-hydrogen) atoms. The van der Waals surface area contributed by atoms with Crippen LogP contribution in [0.15, 0.2) is 62.3 Å². The first-order chi connectivity index (χ1) is 14.0. The molecule has 0 bridgehead atoms. The lowest BCUT2D eigenvalue weighted by Gasteiger charge is -2.19. The van der Waals surface area contributed by atoms with Crippen molar-refractivity contribution in [2.24, 2.45) is 4.99 Å². The summed E-state index contributed by atoms with van der Waals surface area (Å²) in [5, 5.41) is 2.30. The predicted octanol–water partition coefficient (Wildman–Crippen LogP) is 5.73. The minimum Gasteiger partial charge on any atom is -0.497 e. The van der Waals surface area contributed by atoms with Gasteiger partial charge in [0.15, 0.2) is 5.17 Å². The van der Waals surface area contributed by atoms with Gasteiger partial charge in [0.25, 0.3) is 5.91 Å². The second-order valence-corrected chi connectivity index (χ2v) is 8.78. The van der Waals surface area contributed by atoms with Crippen LogP contribution in [0.25, 0.3) is 0 Å². The predicted molar refractivity (Wildman–Crippen MR) is 122 cm³/mol. The lowest BCUT2D eigenvalue weighted by molar-refractivity contribution is -0.122. The average Bonchev–Trinajstić information content (AvgIpc) is 3.25. The zero-order chi connectivity index (χ0) is 20.5. The van der Waals surface area contributed by atoms with Crippen LogP contribution in [0.2, 0.25) is 5.02 Å². The second-order valence-electron chi connectivity index (χ2n) is 6.34. The molecule has 0 aromatic heterocycles. The molecule has 0 unspecified atom stereocenters. The molecule has 150 valence electrons. The molecule has 2 heterocycles. The number of carbonyl (C=O) groups is 1. The molecular formula is C21H20ClN3O2S2. The number of nitrogens with zero attached hydrogens (tertiary/aromatic N) is 3. The average molecular weight is 446 g/mol. The van der Waals surface area contributed by atoms with Crippen molar-refractivity contribution < 1.29 is 9.53 Å². The van der Waals surface area contributed by atoms with Crippen LogP contribution in [0.5, 0.6) is 5.75 Å². The number of thioether (sulfide) groups is 2. The van der Waals surface area contributed by atoms with E-state index < -0.39 is 0 Å². The Labute approximate surface area is 183 Å². The van der Waals surface area contributed by atoms with Crippen LogP contribution >= 0.6 is 35.1 Å². The van der Waals surface area contributed by atoms with Gasteiger partial charge >= 0.3 is 0 Å². The Hall–Kier alpha value is -2.09. The van der Waals surface area contributed by atoms with Crippen LogP contribution < -0.4 is 9.64 Å². The molecule has 2 aromatic rings. The van der Waals surface area contributed by atoms with Crippen LogP contribution in [0, 0.1) is 0 Å². The van der Waals surface area contributed by atoms with Gasteiger partial charge in [-0.2, -0.15) is 0 Å². The van der Waals surface area contributed by atoms with E-state index in [2.05, 4.69) is 11.8 Å². The van der Waals surface area contributed by atoms with Crippen LogP contribution in [-0.4, -0.2) is 36.2 Å². The van der Waals surface area contributed by atoms with E-state index in [1.807, 2.05) is 37.3 Å². The fourth-order valence-electron chi connectivity index (χ4n) is 3.20. The fourth-order valence-corrected chi connectivity index (χ4v) is 5.76. The number of methoxy groups -OCH3 is 1. The summed E-state index contributed by atoms with van der Waals surface area (Å²) >= 11 is 9.02. The van der Waals surface area contributed by atoms with Crippen LogP contribution in [0.3, 0.4) is 0 Å². The maximum Gasteiger partial charge on any atom is 0.269 e. The molecule has 2 aliphatic heterocycles. The highest BCUT2D eigenvalue weighted by molar-refractivity contribution is 8.19. The molecule has 2 aromatic carbocycles. The molecule has 0 aliphatic carbocycles. The number of aliphatic imine (C=N–C) groups is 1. The number of ether oxygens (including phenoxy) is 1. The fraction of sp³-hybridized carbons (Fsp3) is 0.238. The van der Waals surface area contributed by atoms with Gasteiger partial charge in [0.2, 0.25) is 0 Å². The third-order valence-corrected chi connectivity index (χ3v) is 7.28. The Kier molecular flexibility index (Phi) is 5.81. The van der Waals surface area contributed by atoms with Crippen LogP contribution in [0.1, 0.15) is 13.8 Å². The summed E-state index contributed by atoms with van der Waals surface area (Å²) in [4.78, 5) is 23.6. The third kappa shape index (κ3) is 3.74. The number of likely N-dealkylation sites (N-methyl/N-ethyl adjacent to an activating group) is 1. The zero-order valence-corrected chi connectivity index (χ0v) is 18.7. The lowest BCUT2D eigenvalue weighted by Crippen LogP contribution is -2.29. The van der Waals surface area contributed by atoms with E-state index >= 15 is 0 Å². The number of hydrogen-bond acceptors (Lipinski definition) is 6. The minimum absolute atomic E-state index is 0.00839. The summed E-state index contributed by atoms with van der Waals surface area (Å²) in [7, 11) is 1.66. The molecule has 4 rings (SSSR count). The number of hydrogen-bond donors (Lipinski definition) is 0. The van der Waals surface area contributed by atoms with Crippen molar-refractivity contribution in [3.8, 4) is 5.75 Å². The van der Waals surface area contributed by atoms with Gasteiger partial charge < -0.3 is 9.64 Å². The van der Waals surface area contributed by atoms with Gasteiger partial charge in [0.05, 0.1) is 18.5 Å².